The minimum Gasteiger partial charge on any atom is -0.302 e. The van der Waals surface area contributed by atoms with Crippen LogP contribution in [0.1, 0.15) is 25.0 Å². The molecule has 2 rings (SSSR count). The Bertz CT molecular complexity index is 578. The van der Waals surface area contributed by atoms with Gasteiger partial charge in [-0.15, -0.1) is 0 Å². The molecule has 0 radical (unpaired) electrons. The van der Waals surface area contributed by atoms with Crippen molar-refractivity contribution in [2.75, 3.05) is 11.4 Å². The van der Waals surface area contributed by atoms with E-state index in [1.165, 1.54) is 11.8 Å². The number of benzene rings is 1. The summed E-state index contributed by atoms with van der Waals surface area (Å²) in [7, 11) is 0. The Morgan fingerprint density at radius 3 is 2.74 bits per heavy atom. The van der Waals surface area contributed by atoms with E-state index in [4.69, 9.17) is 5.73 Å². The van der Waals surface area contributed by atoms with E-state index in [-0.39, 0.29) is 18.2 Å². The Labute approximate surface area is 112 Å². The zero-order chi connectivity index (χ0) is 14.2. The van der Waals surface area contributed by atoms with Crippen molar-refractivity contribution in [3.8, 4) is 0 Å². The van der Waals surface area contributed by atoms with E-state index in [1.54, 1.807) is 0 Å². The molecule has 1 aliphatic rings. The predicted octanol–water partition coefficient (Wildman–Crippen LogP) is 1.02. The average Bonchev–Trinajstić information content (AvgIpc) is 2.41. The molecule has 0 saturated heterocycles. The van der Waals surface area contributed by atoms with Gasteiger partial charge in [-0.2, -0.15) is 0 Å². The largest absolute Gasteiger partial charge is 0.302 e. The number of aliphatic imine (C=N–C) groups is 1. The molecular formula is C14H17N3O2. The van der Waals surface area contributed by atoms with Gasteiger partial charge in [0.2, 0.25) is 0 Å². The van der Waals surface area contributed by atoms with Crippen molar-refractivity contribution in [2.24, 2.45) is 10.7 Å². The first-order chi connectivity index (χ1) is 8.91. The van der Waals surface area contributed by atoms with Crippen molar-refractivity contribution in [3.63, 3.8) is 0 Å². The SMILES string of the molecule is CC(=O)CN1C(=O)[C@@H](N)N=C(C)c2cccc(C)c21. The first kappa shape index (κ1) is 13.4. The number of aryl methyl sites for hydroxylation is 1. The number of carbonyl (C=O) groups excluding carboxylic acids is 2. The average molecular weight is 259 g/mol. The first-order valence-electron chi connectivity index (χ1n) is 6.12. The van der Waals surface area contributed by atoms with Crippen LogP contribution in [-0.4, -0.2) is 30.1 Å². The molecule has 0 bridgehead atoms. The number of rotatable bonds is 2. The fraction of sp³-hybridized carbons (Fsp3) is 0.357. The lowest BCUT2D eigenvalue weighted by Crippen LogP contribution is -2.44. The molecule has 2 N–H and O–H groups in total. The Balaban J connectivity index is 2.65. The van der Waals surface area contributed by atoms with Crippen molar-refractivity contribution < 1.29 is 9.59 Å². The summed E-state index contributed by atoms with van der Waals surface area (Å²) in [5.74, 6) is -0.433. The summed E-state index contributed by atoms with van der Waals surface area (Å²) in [6.07, 6.45) is -0.953. The van der Waals surface area contributed by atoms with Crippen LogP contribution >= 0.6 is 0 Å². The molecule has 1 heterocycles. The summed E-state index contributed by atoms with van der Waals surface area (Å²) in [6.45, 7) is 5.20. The Hall–Kier alpha value is -2.01. The Morgan fingerprint density at radius 1 is 1.42 bits per heavy atom. The third-order valence-corrected chi connectivity index (χ3v) is 3.13. The summed E-state index contributed by atoms with van der Waals surface area (Å²) < 4.78 is 0. The molecule has 5 heteroatoms. The summed E-state index contributed by atoms with van der Waals surface area (Å²) in [5.41, 5.74) is 9.00. The summed E-state index contributed by atoms with van der Waals surface area (Å²) in [6, 6.07) is 5.70. The van der Waals surface area contributed by atoms with Gasteiger partial charge in [0.1, 0.15) is 5.78 Å². The number of amides is 1. The summed E-state index contributed by atoms with van der Waals surface area (Å²) in [5, 5.41) is 0. The van der Waals surface area contributed by atoms with Gasteiger partial charge in [0.25, 0.3) is 5.91 Å². The second-order valence-electron chi connectivity index (χ2n) is 4.76. The highest BCUT2D eigenvalue weighted by Crippen LogP contribution is 2.28. The van der Waals surface area contributed by atoms with Gasteiger partial charge in [0, 0.05) is 11.3 Å². The molecule has 19 heavy (non-hydrogen) atoms. The van der Waals surface area contributed by atoms with Crippen LogP contribution in [-0.2, 0) is 9.59 Å². The van der Waals surface area contributed by atoms with Crippen LogP contribution in [0, 0.1) is 6.92 Å². The smallest absolute Gasteiger partial charge is 0.266 e. The van der Waals surface area contributed by atoms with Crippen LogP contribution in [0.3, 0.4) is 0 Å². The molecule has 1 amide bonds. The number of Topliss-reactive ketones (excluding diaryl/α,β-unsaturated/α-hetero) is 1. The third kappa shape index (κ3) is 2.42. The molecule has 0 aliphatic carbocycles. The number of carbonyl (C=O) groups is 2. The topological polar surface area (TPSA) is 75.8 Å². The zero-order valence-corrected chi connectivity index (χ0v) is 11.3. The normalized spacial score (nSPS) is 18.7. The second-order valence-corrected chi connectivity index (χ2v) is 4.76. The predicted molar refractivity (Wildman–Crippen MR) is 74.4 cm³/mol. The van der Waals surface area contributed by atoms with Gasteiger partial charge in [-0.3, -0.25) is 14.6 Å². The molecule has 0 unspecified atom stereocenters. The van der Waals surface area contributed by atoms with Crippen molar-refractivity contribution in [1.29, 1.82) is 0 Å². The maximum Gasteiger partial charge on any atom is 0.266 e. The van der Waals surface area contributed by atoms with E-state index in [0.717, 1.165) is 16.8 Å². The number of para-hydroxylation sites is 1. The summed E-state index contributed by atoms with van der Waals surface area (Å²) >= 11 is 0. The van der Waals surface area contributed by atoms with E-state index in [0.29, 0.717) is 5.71 Å². The van der Waals surface area contributed by atoms with Gasteiger partial charge in [-0.25, -0.2) is 0 Å². The van der Waals surface area contributed by atoms with Crippen molar-refractivity contribution in [1.82, 2.24) is 0 Å². The lowest BCUT2D eigenvalue weighted by molar-refractivity contribution is -0.122. The zero-order valence-electron chi connectivity index (χ0n) is 11.3. The third-order valence-electron chi connectivity index (χ3n) is 3.13. The minimum atomic E-state index is -0.953. The van der Waals surface area contributed by atoms with E-state index in [2.05, 4.69) is 4.99 Å². The molecule has 0 aromatic heterocycles. The molecule has 0 spiro atoms. The standard InChI is InChI=1S/C14H17N3O2/c1-8-5-4-6-11-10(3)16-13(15)14(19)17(12(8)11)7-9(2)18/h4-6,13H,7,15H2,1-3H3/t13-/m0/s1. The molecule has 5 nitrogen and oxygen atoms in total. The number of anilines is 1. The van der Waals surface area contributed by atoms with E-state index in [9.17, 15) is 9.59 Å². The maximum absolute atomic E-state index is 12.3. The molecule has 1 aromatic rings. The van der Waals surface area contributed by atoms with Crippen LogP contribution in [0.4, 0.5) is 5.69 Å². The van der Waals surface area contributed by atoms with Gasteiger partial charge in [0.15, 0.2) is 6.17 Å². The number of hydrogen-bond donors (Lipinski definition) is 1. The molecule has 1 aliphatic heterocycles. The van der Waals surface area contributed by atoms with Crippen LogP contribution < -0.4 is 10.6 Å². The van der Waals surface area contributed by atoms with Crippen LogP contribution in [0.25, 0.3) is 0 Å². The Morgan fingerprint density at radius 2 is 2.11 bits per heavy atom. The minimum absolute atomic E-state index is 0.0210. The van der Waals surface area contributed by atoms with Crippen LogP contribution in [0.5, 0.6) is 0 Å². The molecule has 0 saturated carbocycles. The molecule has 0 fully saturated rings. The number of nitrogens with zero attached hydrogens (tertiary/aromatic N) is 2. The first-order valence-corrected chi connectivity index (χ1v) is 6.12. The van der Waals surface area contributed by atoms with Gasteiger partial charge in [-0.1, -0.05) is 18.2 Å². The lowest BCUT2D eigenvalue weighted by Gasteiger charge is -2.24. The fourth-order valence-electron chi connectivity index (χ4n) is 2.29. The maximum atomic E-state index is 12.3. The van der Waals surface area contributed by atoms with Crippen LogP contribution in [0.2, 0.25) is 0 Å². The highest BCUT2D eigenvalue weighted by molar-refractivity contribution is 6.13. The van der Waals surface area contributed by atoms with Crippen molar-refractivity contribution in [3.05, 3.63) is 29.3 Å². The highest BCUT2D eigenvalue weighted by Gasteiger charge is 2.29. The monoisotopic (exact) mass is 259 g/mol. The van der Waals surface area contributed by atoms with Gasteiger partial charge in [0.05, 0.1) is 12.2 Å². The molecule has 100 valence electrons. The molecular weight excluding hydrogens is 242 g/mol. The number of nitrogens with two attached hydrogens (primary N) is 1. The van der Waals surface area contributed by atoms with Crippen LogP contribution in [0.15, 0.2) is 23.2 Å². The number of fused-ring (bicyclic) bond motifs is 1. The van der Waals surface area contributed by atoms with E-state index in [1.807, 2.05) is 32.0 Å². The number of ketones is 1. The highest BCUT2D eigenvalue weighted by atomic mass is 16.2. The quantitative estimate of drug-likeness (QED) is 0.861. The van der Waals surface area contributed by atoms with Gasteiger partial charge < -0.3 is 10.6 Å². The van der Waals surface area contributed by atoms with E-state index >= 15 is 0 Å². The fourth-order valence-corrected chi connectivity index (χ4v) is 2.29. The molecule has 1 atom stereocenters. The molecule has 1 aromatic carbocycles. The van der Waals surface area contributed by atoms with E-state index < -0.39 is 6.17 Å². The second kappa shape index (κ2) is 4.93. The lowest BCUT2D eigenvalue weighted by atomic mass is 10.0. The van der Waals surface area contributed by atoms with Gasteiger partial charge in [-0.05, 0) is 26.3 Å². The van der Waals surface area contributed by atoms with Crippen molar-refractivity contribution >= 4 is 23.1 Å². The van der Waals surface area contributed by atoms with Crippen molar-refractivity contribution in [2.45, 2.75) is 26.9 Å². The Kier molecular flexibility index (Phi) is 3.48. The number of hydrogen-bond acceptors (Lipinski definition) is 4. The number of benzodiazepines with no additional fused rings is 1. The van der Waals surface area contributed by atoms with Gasteiger partial charge >= 0.3 is 0 Å². The summed E-state index contributed by atoms with van der Waals surface area (Å²) in [4.78, 5) is 29.3.